The van der Waals surface area contributed by atoms with Gasteiger partial charge in [0.05, 0.1) is 0 Å². The van der Waals surface area contributed by atoms with Crippen LogP contribution in [0.1, 0.15) is 13.8 Å². The number of alkyl halides is 3. The molecule has 0 heterocycles. The number of halogens is 3. The second-order valence-electron chi connectivity index (χ2n) is 2.61. The first kappa shape index (κ1) is 11.2. The quantitative estimate of drug-likeness (QED) is 0.655. The van der Waals surface area contributed by atoms with Crippen LogP contribution in [-0.4, -0.2) is 29.3 Å². The van der Waals surface area contributed by atoms with Crippen LogP contribution in [0.2, 0.25) is 0 Å². The van der Waals surface area contributed by atoms with Gasteiger partial charge in [0.15, 0.2) is 0 Å². The molecule has 1 unspecified atom stereocenters. The first-order chi connectivity index (χ1) is 5.25. The van der Waals surface area contributed by atoms with E-state index in [1.165, 1.54) is 13.8 Å². The summed E-state index contributed by atoms with van der Waals surface area (Å²) >= 11 is 0. The van der Waals surface area contributed by atoms with Crippen LogP contribution in [0.3, 0.4) is 0 Å². The van der Waals surface area contributed by atoms with E-state index in [4.69, 9.17) is 5.11 Å². The van der Waals surface area contributed by atoms with Gasteiger partial charge in [-0.2, -0.15) is 13.2 Å². The fourth-order valence-electron chi connectivity index (χ4n) is 0.512. The summed E-state index contributed by atoms with van der Waals surface area (Å²) in [5.74, 6) is -1.42. The van der Waals surface area contributed by atoms with Crippen LogP contribution in [0.25, 0.3) is 0 Å². The number of hydrogen-bond donors (Lipinski definition) is 2. The highest BCUT2D eigenvalue weighted by atomic mass is 19.4. The third kappa shape index (κ3) is 3.56. The molecular weight excluding hydrogens is 175 g/mol. The maximum absolute atomic E-state index is 11.6. The lowest BCUT2D eigenvalue weighted by Crippen LogP contribution is -2.46. The standard InChI is InChI=1S/C6H10F3NO2/c1-3(2)10-5(12)4(11)6(7,8)9/h3-4,11H,1-2H3,(H,10,12). The summed E-state index contributed by atoms with van der Waals surface area (Å²) in [5, 5.41) is 10.3. The molecule has 6 heteroatoms. The summed E-state index contributed by atoms with van der Waals surface area (Å²) < 4.78 is 34.9. The first-order valence-electron chi connectivity index (χ1n) is 3.30. The van der Waals surface area contributed by atoms with E-state index < -0.39 is 24.2 Å². The highest BCUT2D eigenvalue weighted by molar-refractivity contribution is 5.81. The van der Waals surface area contributed by atoms with Gasteiger partial charge in [0.25, 0.3) is 5.91 Å². The molecule has 1 atom stereocenters. The van der Waals surface area contributed by atoms with Crippen molar-refractivity contribution in [1.29, 1.82) is 0 Å². The van der Waals surface area contributed by atoms with Gasteiger partial charge in [0.1, 0.15) is 0 Å². The molecule has 0 bridgehead atoms. The predicted molar refractivity (Wildman–Crippen MR) is 35.3 cm³/mol. The molecule has 0 saturated carbocycles. The molecule has 0 radical (unpaired) electrons. The van der Waals surface area contributed by atoms with Crippen molar-refractivity contribution >= 4 is 5.91 Å². The summed E-state index contributed by atoms with van der Waals surface area (Å²) in [7, 11) is 0. The van der Waals surface area contributed by atoms with E-state index >= 15 is 0 Å². The zero-order valence-electron chi connectivity index (χ0n) is 6.64. The lowest BCUT2D eigenvalue weighted by Gasteiger charge is -2.15. The summed E-state index contributed by atoms with van der Waals surface area (Å²) in [4.78, 5) is 10.5. The monoisotopic (exact) mass is 185 g/mol. The number of rotatable bonds is 2. The van der Waals surface area contributed by atoms with Gasteiger partial charge in [-0.25, -0.2) is 0 Å². The van der Waals surface area contributed by atoms with E-state index in [9.17, 15) is 18.0 Å². The number of hydrogen-bond acceptors (Lipinski definition) is 2. The molecule has 0 aromatic heterocycles. The number of aliphatic hydroxyl groups is 1. The average Bonchev–Trinajstić information content (AvgIpc) is 1.82. The number of carbonyl (C=O) groups is 1. The van der Waals surface area contributed by atoms with Gasteiger partial charge in [-0.1, -0.05) is 0 Å². The molecule has 0 aliphatic rings. The molecule has 0 aromatic rings. The van der Waals surface area contributed by atoms with Crippen molar-refractivity contribution in [2.45, 2.75) is 32.2 Å². The molecule has 72 valence electrons. The molecule has 1 amide bonds. The van der Waals surface area contributed by atoms with E-state index in [2.05, 4.69) is 0 Å². The van der Waals surface area contributed by atoms with Crippen molar-refractivity contribution in [2.24, 2.45) is 0 Å². The molecule has 0 aromatic carbocycles. The Morgan fingerprint density at radius 1 is 1.42 bits per heavy atom. The molecule has 0 aliphatic heterocycles. The van der Waals surface area contributed by atoms with E-state index in [0.29, 0.717) is 0 Å². The Balaban J connectivity index is 4.12. The van der Waals surface area contributed by atoms with Crippen LogP contribution in [-0.2, 0) is 4.79 Å². The van der Waals surface area contributed by atoms with Gasteiger partial charge >= 0.3 is 6.18 Å². The number of carbonyl (C=O) groups excluding carboxylic acids is 1. The van der Waals surface area contributed by atoms with Gasteiger partial charge < -0.3 is 10.4 Å². The minimum absolute atomic E-state index is 0.422. The van der Waals surface area contributed by atoms with Crippen LogP contribution >= 0.6 is 0 Å². The zero-order valence-corrected chi connectivity index (χ0v) is 6.64. The van der Waals surface area contributed by atoms with Gasteiger partial charge in [0, 0.05) is 6.04 Å². The predicted octanol–water partition coefficient (Wildman–Crippen LogP) is 0.434. The zero-order chi connectivity index (χ0) is 9.94. The van der Waals surface area contributed by atoms with Gasteiger partial charge in [0.2, 0.25) is 6.10 Å². The second-order valence-corrected chi connectivity index (χ2v) is 2.61. The van der Waals surface area contributed by atoms with E-state index in [1.54, 1.807) is 0 Å². The molecular formula is C6H10F3NO2. The lowest BCUT2D eigenvalue weighted by atomic mass is 10.3. The first-order valence-corrected chi connectivity index (χ1v) is 3.30. The Hall–Kier alpha value is -0.780. The van der Waals surface area contributed by atoms with Crippen molar-refractivity contribution < 1.29 is 23.1 Å². The molecule has 3 nitrogen and oxygen atoms in total. The molecule has 0 rings (SSSR count). The molecule has 0 fully saturated rings. The summed E-state index contributed by atoms with van der Waals surface area (Å²) in [6, 6.07) is -0.422. The van der Waals surface area contributed by atoms with Gasteiger partial charge in [-0.05, 0) is 13.8 Å². The Morgan fingerprint density at radius 3 is 2.08 bits per heavy atom. The number of amides is 1. The van der Waals surface area contributed by atoms with Crippen molar-refractivity contribution in [3.05, 3.63) is 0 Å². The number of aliphatic hydroxyl groups excluding tert-OH is 1. The third-order valence-electron chi connectivity index (χ3n) is 0.989. The Labute approximate surface area is 67.6 Å². The van der Waals surface area contributed by atoms with Crippen LogP contribution in [0, 0.1) is 0 Å². The van der Waals surface area contributed by atoms with Crippen LogP contribution in [0.15, 0.2) is 0 Å². The van der Waals surface area contributed by atoms with E-state index in [-0.39, 0.29) is 0 Å². The molecule has 0 spiro atoms. The minimum Gasteiger partial charge on any atom is -0.376 e. The lowest BCUT2D eigenvalue weighted by molar-refractivity contribution is -0.205. The van der Waals surface area contributed by atoms with Crippen molar-refractivity contribution in [3.8, 4) is 0 Å². The molecule has 2 N–H and O–H groups in total. The molecule has 0 saturated heterocycles. The summed E-state index contributed by atoms with van der Waals surface area (Å²) in [5.41, 5.74) is 0. The fourth-order valence-corrected chi connectivity index (χ4v) is 0.512. The maximum atomic E-state index is 11.6. The topological polar surface area (TPSA) is 49.3 Å². The smallest absolute Gasteiger partial charge is 0.376 e. The summed E-state index contributed by atoms with van der Waals surface area (Å²) in [6.07, 6.45) is -7.82. The van der Waals surface area contributed by atoms with Crippen molar-refractivity contribution in [3.63, 3.8) is 0 Å². The van der Waals surface area contributed by atoms with Crippen LogP contribution < -0.4 is 5.32 Å². The number of nitrogens with one attached hydrogen (secondary N) is 1. The minimum atomic E-state index is -4.89. The largest absolute Gasteiger partial charge is 0.423 e. The Morgan fingerprint density at radius 2 is 1.83 bits per heavy atom. The maximum Gasteiger partial charge on any atom is 0.423 e. The van der Waals surface area contributed by atoms with E-state index in [1.807, 2.05) is 5.32 Å². The van der Waals surface area contributed by atoms with Crippen LogP contribution in [0.4, 0.5) is 13.2 Å². The Bertz CT molecular complexity index is 167. The highest BCUT2D eigenvalue weighted by Gasteiger charge is 2.43. The van der Waals surface area contributed by atoms with Crippen molar-refractivity contribution in [1.82, 2.24) is 5.32 Å². The third-order valence-corrected chi connectivity index (χ3v) is 0.989. The van der Waals surface area contributed by atoms with E-state index in [0.717, 1.165) is 0 Å². The average molecular weight is 185 g/mol. The SMILES string of the molecule is CC(C)NC(=O)C(O)C(F)(F)F. The highest BCUT2D eigenvalue weighted by Crippen LogP contribution is 2.19. The normalized spacial score (nSPS) is 14.6. The summed E-state index contributed by atoms with van der Waals surface area (Å²) in [6.45, 7) is 3.00. The Kier molecular flexibility index (Phi) is 3.51. The molecule has 12 heavy (non-hydrogen) atoms. The van der Waals surface area contributed by atoms with Gasteiger partial charge in [-0.15, -0.1) is 0 Å². The molecule has 0 aliphatic carbocycles. The van der Waals surface area contributed by atoms with Crippen LogP contribution in [0.5, 0.6) is 0 Å². The van der Waals surface area contributed by atoms with Crippen molar-refractivity contribution in [2.75, 3.05) is 0 Å². The fraction of sp³-hybridized carbons (Fsp3) is 0.833. The second kappa shape index (κ2) is 3.75. The van der Waals surface area contributed by atoms with Gasteiger partial charge in [-0.3, -0.25) is 4.79 Å².